The van der Waals surface area contributed by atoms with Crippen LogP contribution in [0.25, 0.3) is 10.4 Å². The quantitative estimate of drug-likeness (QED) is 0.267. The van der Waals surface area contributed by atoms with E-state index in [1.165, 1.54) is 36.0 Å². The normalized spacial score (nSPS) is 35.2. The van der Waals surface area contributed by atoms with Crippen molar-refractivity contribution in [2.75, 3.05) is 13.2 Å². The maximum Gasteiger partial charge on any atom is 0.174 e. The summed E-state index contributed by atoms with van der Waals surface area (Å²) in [6.45, 7) is 4.69. The molecular weight excluding hydrogens is 438 g/mol. The number of nitrogens with zero attached hydrogens (tertiary/aromatic N) is 3. The van der Waals surface area contributed by atoms with E-state index in [1.807, 2.05) is 18.2 Å². The summed E-state index contributed by atoms with van der Waals surface area (Å²) in [4.78, 5) is 2.92. The predicted molar refractivity (Wildman–Crippen MR) is 134 cm³/mol. The summed E-state index contributed by atoms with van der Waals surface area (Å²) in [6, 6.07) is 17.0. The molecule has 6 rings (SSSR count). The molecular formula is C29H35N3O3. The number of hydrogen-bond acceptors (Lipinski definition) is 4. The van der Waals surface area contributed by atoms with Crippen LogP contribution in [-0.2, 0) is 33.8 Å². The minimum Gasteiger partial charge on any atom is -0.374 e. The van der Waals surface area contributed by atoms with Crippen molar-refractivity contribution in [3.63, 3.8) is 0 Å². The van der Waals surface area contributed by atoms with Gasteiger partial charge in [-0.3, -0.25) is 0 Å². The van der Waals surface area contributed by atoms with Gasteiger partial charge in [-0.1, -0.05) is 60.6 Å². The molecule has 6 atom stereocenters. The Hall–Kier alpha value is -2.37. The molecule has 0 amide bonds. The maximum atomic E-state index is 8.66. The van der Waals surface area contributed by atoms with Crippen molar-refractivity contribution in [1.82, 2.24) is 0 Å². The van der Waals surface area contributed by atoms with Crippen molar-refractivity contribution in [2.45, 2.75) is 76.4 Å². The SMILES string of the molecule is C[C@]12CC[C@@H]3c4ccc(CN=[N+]=[N-])cc4CC[C@H]3[C@@H]1CCC21OCC(COCc2ccccc2)O1. The highest BCUT2D eigenvalue weighted by atomic mass is 16.8. The second-order valence-corrected chi connectivity index (χ2v) is 11.1. The molecule has 0 radical (unpaired) electrons. The first-order chi connectivity index (χ1) is 17.1. The molecule has 0 N–H and O–H groups in total. The molecule has 2 saturated carbocycles. The Morgan fingerprint density at radius 1 is 1.09 bits per heavy atom. The van der Waals surface area contributed by atoms with Crippen LogP contribution in [0.15, 0.2) is 53.6 Å². The Morgan fingerprint density at radius 3 is 2.83 bits per heavy atom. The van der Waals surface area contributed by atoms with Crippen LogP contribution in [-0.4, -0.2) is 25.1 Å². The Kier molecular flexibility index (Phi) is 6.10. The molecule has 2 unspecified atom stereocenters. The van der Waals surface area contributed by atoms with Gasteiger partial charge in [-0.2, -0.15) is 0 Å². The van der Waals surface area contributed by atoms with Gasteiger partial charge in [0.05, 0.1) is 26.4 Å². The molecule has 1 spiro atoms. The smallest absolute Gasteiger partial charge is 0.174 e. The number of ether oxygens (including phenoxy) is 3. The van der Waals surface area contributed by atoms with Crippen molar-refractivity contribution in [3.8, 4) is 0 Å². The highest BCUT2D eigenvalue weighted by Crippen LogP contribution is 2.66. The molecule has 2 aromatic carbocycles. The molecule has 35 heavy (non-hydrogen) atoms. The first-order valence-corrected chi connectivity index (χ1v) is 13.2. The average Bonchev–Trinajstić information content (AvgIpc) is 3.44. The van der Waals surface area contributed by atoms with Crippen LogP contribution in [0.2, 0.25) is 0 Å². The Labute approximate surface area is 207 Å². The number of aryl methyl sites for hydroxylation is 1. The van der Waals surface area contributed by atoms with Crippen LogP contribution in [0.4, 0.5) is 0 Å². The van der Waals surface area contributed by atoms with Gasteiger partial charge in [-0.15, -0.1) is 0 Å². The molecule has 1 aliphatic heterocycles. The minimum absolute atomic E-state index is 0.00795. The summed E-state index contributed by atoms with van der Waals surface area (Å²) in [6.07, 6.45) is 6.83. The summed E-state index contributed by atoms with van der Waals surface area (Å²) in [7, 11) is 0. The third-order valence-corrected chi connectivity index (χ3v) is 9.43. The molecule has 3 aliphatic carbocycles. The number of azide groups is 1. The van der Waals surface area contributed by atoms with Gasteiger partial charge in [0.25, 0.3) is 0 Å². The fourth-order valence-corrected chi connectivity index (χ4v) is 7.76. The second-order valence-electron chi connectivity index (χ2n) is 11.1. The standard InChI is InChI=1S/C29H35N3O3/c1-28-13-11-25-24-9-7-21(16-31-32-30)15-22(24)8-10-26(25)27(28)12-14-29(28)34-19-23(35-29)18-33-17-20-5-3-2-4-6-20/h2-7,9,15,23,25-27H,8,10-14,16-19H2,1H3/t23?,25-,26-,27+,28+,29?/m1/s1. The van der Waals surface area contributed by atoms with Crippen LogP contribution in [0.3, 0.4) is 0 Å². The van der Waals surface area contributed by atoms with Crippen molar-refractivity contribution in [2.24, 2.45) is 22.4 Å². The first kappa shape index (κ1) is 23.1. The zero-order valence-corrected chi connectivity index (χ0v) is 20.6. The third kappa shape index (κ3) is 3.97. The number of fused-ring (bicyclic) bond motifs is 6. The van der Waals surface area contributed by atoms with Crippen LogP contribution >= 0.6 is 0 Å². The van der Waals surface area contributed by atoms with Gasteiger partial charge in [-0.25, -0.2) is 0 Å². The van der Waals surface area contributed by atoms with E-state index < -0.39 is 5.79 Å². The van der Waals surface area contributed by atoms with E-state index in [0.29, 0.717) is 44.1 Å². The lowest BCUT2D eigenvalue weighted by molar-refractivity contribution is -0.247. The highest BCUT2D eigenvalue weighted by molar-refractivity contribution is 5.38. The first-order valence-electron chi connectivity index (χ1n) is 13.2. The topological polar surface area (TPSA) is 76.5 Å². The van der Waals surface area contributed by atoms with Crippen LogP contribution in [0, 0.1) is 17.3 Å². The zero-order chi connectivity index (χ0) is 23.9. The molecule has 3 fully saturated rings. The highest BCUT2D eigenvalue weighted by Gasteiger charge is 2.66. The lowest BCUT2D eigenvalue weighted by Crippen LogP contribution is -2.51. The zero-order valence-electron chi connectivity index (χ0n) is 20.6. The Bertz CT molecular complexity index is 1120. The molecule has 0 bridgehead atoms. The van der Waals surface area contributed by atoms with E-state index in [0.717, 1.165) is 24.8 Å². The van der Waals surface area contributed by atoms with E-state index in [-0.39, 0.29) is 11.5 Å². The number of benzene rings is 2. The average molecular weight is 474 g/mol. The van der Waals surface area contributed by atoms with Gasteiger partial charge in [-0.05, 0) is 77.6 Å². The Balaban J connectivity index is 1.13. The largest absolute Gasteiger partial charge is 0.374 e. The third-order valence-electron chi connectivity index (χ3n) is 9.43. The molecule has 1 saturated heterocycles. The molecule has 4 aliphatic rings. The van der Waals surface area contributed by atoms with Crippen LogP contribution in [0.1, 0.15) is 67.2 Å². The van der Waals surface area contributed by atoms with E-state index >= 15 is 0 Å². The summed E-state index contributed by atoms with van der Waals surface area (Å²) >= 11 is 0. The molecule has 2 aromatic rings. The summed E-state index contributed by atoms with van der Waals surface area (Å²) < 4.78 is 19.3. The lowest BCUT2D eigenvalue weighted by Gasteiger charge is -2.53. The van der Waals surface area contributed by atoms with Crippen LogP contribution < -0.4 is 0 Å². The number of rotatable bonds is 6. The molecule has 6 nitrogen and oxygen atoms in total. The molecule has 184 valence electrons. The van der Waals surface area contributed by atoms with E-state index in [9.17, 15) is 0 Å². The van der Waals surface area contributed by atoms with Gasteiger partial charge in [0.2, 0.25) is 0 Å². The van der Waals surface area contributed by atoms with Gasteiger partial charge < -0.3 is 14.2 Å². The van der Waals surface area contributed by atoms with E-state index in [2.05, 4.69) is 47.3 Å². The van der Waals surface area contributed by atoms with Crippen molar-refractivity contribution >= 4 is 0 Å². The Morgan fingerprint density at radius 2 is 1.97 bits per heavy atom. The number of hydrogen-bond donors (Lipinski definition) is 0. The van der Waals surface area contributed by atoms with Gasteiger partial charge in [0.1, 0.15) is 6.10 Å². The minimum atomic E-state index is -0.456. The van der Waals surface area contributed by atoms with Gasteiger partial charge in [0, 0.05) is 16.7 Å². The summed E-state index contributed by atoms with van der Waals surface area (Å²) in [5, 5.41) is 3.75. The second kappa shape index (κ2) is 9.25. The fourth-order valence-electron chi connectivity index (χ4n) is 7.76. The van der Waals surface area contributed by atoms with Crippen molar-refractivity contribution in [3.05, 3.63) is 81.2 Å². The van der Waals surface area contributed by atoms with E-state index in [4.69, 9.17) is 19.7 Å². The fraction of sp³-hybridized carbons (Fsp3) is 0.586. The maximum absolute atomic E-state index is 8.66. The van der Waals surface area contributed by atoms with Crippen molar-refractivity contribution in [1.29, 1.82) is 0 Å². The monoisotopic (exact) mass is 473 g/mol. The van der Waals surface area contributed by atoms with E-state index in [1.54, 1.807) is 0 Å². The van der Waals surface area contributed by atoms with Crippen LogP contribution in [0.5, 0.6) is 0 Å². The van der Waals surface area contributed by atoms with Gasteiger partial charge in [0.15, 0.2) is 5.79 Å². The molecule has 1 heterocycles. The lowest BCUT2D eigenvalue weighted by atomic mass is 9.55. The molecule has 6 heteroatoms. The summed E-state index contributed by atoms with van der Waals surface area (Å²) in [5.74, 6) is 1.47. The summed E-state index contributed by atoms with van der Waals surface area (Å²) in [5.41, 5.74) is 14.0. The van der Waals surface area contributed by atoms with Crippen molar-refractivity contribution < 1.29 is 14.2 Å². The molecule has 0 aromatic heterocycles. The predicted octanol–water partition coefficient (Wildman–Crippen LogP) is 6.68. The van der Waals surface area contributed by atoms with Gasteiger partial charge >= 0.3 is 0 Å².